The van der Waals surface area contributed by atoms with Crippen LogP contribution in [0, 0.1) is 13.8 Å². The van der Waals surface area contributed by atoms with E-state index in [1.807, 2.05) is 16.8 Å². The lowest BCUT2D eigenvalue weighted by Crippen LogP contribution is -2.49. The highest BCUT2D eigenvalue weighted by Crippen LogP contribution is 2.24. The lowest BCUT2D eigenvalue weighted by atomic mass is 10.1. The van der Waals surface area contributed by atoms with Gasteiger partial charge in [-0.1, -0.05) is 12.1 Å². The molecule has 6 nitrogen and oxygen atoms in total. The van der Waals surface area contributed by atoms with Gasteiger partial charge in [0.05, 0.1) is 11.5 Å². The topological polar surface area (TPSA) is 60.9 Å². The van der Waals surface area contributed by atoms with Crippen LogP contribution in [0.1, 0.15) is 24.0 Å². The van der Waals surface area contributed by atoms with Gasteiger partial charge in [0.2, 0.25) is 5.91 Å². The second-order valence-corrected chi connectivity index (χ2v) is 10.1. The highest BCUT2D eigenvalue weighted by Gasteiger charge is 2.31. The highest BCUT2D eigenvalue weighted by atomic mass is 32.2. The van der Waals surface area contributed by atoms with Crippen LogP contribution in [0.3, 0.4) is 0 Å². The summed E-state index contributed by atoms with van der Waals surface area (Å²) in [6.07, 6.45) is 1.14. The van der Waals surface area contributed by atoms with E-state index >= 15 is 0 Å². The van der Waals surface area contributed by atoms with Gasteiger partial charge >= 0.3 is 0 Å². The normalized spacial score (nSPS) is 22.4. The number of piperazine rings is 1. The third-order valence-electron chi connectivity index (χ3n) is 6.06. The number of benzene rings is 1. The van der Waals surface area contributed by atoms with E-state index in [4.69, 9.17) is 0 Å². The van der Waals surface area contributed by atoms with Crippen LogP contribution in [0.15, 0.2) is 18.2 Å². The molecule has 2 heterocycles. The third kappa shape index (κ3) is 4.82. The van der Waals surface area contributed by atoms with Crippen LogP contribution in [0.5, 0.6) is 0 Å². The summed E-state index contributed by atoms with van der Waals surface area (Å²) in [6.45, 7) is 8.10. The minimum atomic E-state index is -2.88. The van der Waals surface area contributed by atoms with Crippen LogP contribution in [-0.4, -0.2) is 81.4 Å². The zero-order valence-corrected chi connectivity index (χ0v) is 17.5. The molecule has 150 valence electrons. The number of aryl methyl sites for hydroxylation is 1. The standard InChI is InChI=1S/C20H31N3O3S/c1-16-5-4-6-19(17(16)2)22-10-12-23(13-11-22)20(24)7-9-21(3)18-8-14-27(25,26)15-18/h4-6,18H,7-15H2,1-3H3. The van der Waals surface area contributed by atoms with Gasteiger partial charge in [0.15, 0.2) is 9.84 Å². The van der Waals surface area contributed by atoms with Gasteiger partial charge in [-0.25, -0.2) is 8.42 Å². The summed E-state index contributed by atoms with van der Waals surface area (Å²) in [5.41, 5.74) is 3.87. The Morgan fingerprint density at radius 2 is 1.89 bits per heavy atom. The number of carbonyl (C=O) groups is 1. The molecule has 1 amide bonds. The van der Waals surface area contributed by atoms with Crippen molar-refractivity contribution in [3.63, 3.8) is 0 Å². The van der Waals surface area contributed by atoms with E-state index in [1.165, 1.54) is 16.8 Å². The molecule has 27 heavy (non-hydrogen) atoms. The van der Waals surface area contributed by atoms with Gasteiger partial charge < -0.3 is 14.7 Å². The molecule has 0 aromatic heterocycles. The van der Waals surface area contributed by atoms with Crippen molar-refractivity contribution in [3.8, 4) is 0 Å². The molecule has 2 fully saturated rings. The maximum atomic E-state index is 12.6. The van der Waals surface area contributed by atoms with Gasteiger partial charge in [0.1, 0.15) is 0 Å². The molecule has 7 heteroatoms. The van der Waals surface area contributed by atoms with Crippen molar-refractivity contribution >= 4 is 21.4 Å². The average molecular weight is 394 g/mol. The van der Waals surface area contributed by atoms with Crippen LogP contribution in [0.25, 0.3) is 0 Å². The van der Waals surface area contributed by atoms with Crippen molar-refractivity contribution < 1.29 is 13.2 Å². The van der Waals surface area contributed by atoms with E-state index in [2.05, 4.69) is 36.9 Å². The molecule has 0 N–H and O–H groups in total. The molecule has 1 atom stereocenters. The number of amides is 1. The third-order valence-corrected chi connectivity index (χ3v) is 7.81. The summed E-state index contributed by atoms with van der Waals surface area (Å²) in [6, 6.07) is 6.44. The minimum Gasteiger partial charge on any atom is -0.368 e. The zero-order chi connectivity index (χ0) is 19.6. The molecule has 0 spiro atoms. The fraction of sp³-hybridized carbons (Fsp3) is 0.650. The molecule has 3 rings (SSSR count). The molecule has 2 aliphatic heterocycles. The van der Waals surface area contributed by atoms with Crippen molar-refractivity contribution in [1.29, 1.82) is 0 Å². The monoisotopic (exact) mass is 393 g/mol. The Morgan fingerprint density at radius 1 is 1.19 bits per heavy atom. The Bertz CT molecular complexity index is 786. The van der Waals surface area contributed by atoms with Gasteiger partial charge in [-0.05, 0) is 44.5 Å². The number of rotatable bonds is 5. The predicted octanol–water partition coefficient (Wildman–Crippen LogP) is 1.46. The molecule has 1 unspecified atom stereocenters. The largest absolute Gasteiger partial charge is 0.368 e. The van der Waals surface area contributed by atoms with Crippen LogP contribution in [0.4, 0.5) is 5.69 Å². The number of carbonyl (C=O) groups excluding carboxylic acids is 1. The maximum Gasteiger partial charge on any atom is 0.223 e. The second kappa shape index (κ2) is 8.19. The fourth-order valence-electron chi connectivity index (χ4n) is 4.01. The summed E-state index contributed by atoms with van der Waals surface area (Å²) < 4.78 is 23.2. The van der Waals surface area contributed by atoms with Gasteiger partial charge in [0, 0.05) is 50.9 Å². The quantitative estimate of drug-likeness (QED) is 0.758. The molecule has 2 saturated heterocycles. The van der Waals surface area contributed by atoms with Crippen LogP contribution in [0.2, 0.25) is 0 Å². The first-order chi connectivity index (χ1) is 12.8. The Morgan fingerprint density at radius 3 is 2.52 bits per heavy atom. The summed E-state index contributed by atoms with van der Waals surface area (Å²) >= 11 is 0. The lowest BCUT2D eigenvalue weighted by molar-refractivity contribution is -0.131. The average Bonchev–Trinajstić information content (AvgIpc) is 3.02. The van der Waals surface area contributed by atoms with Gasteiger partial charge in [0.25, 0.3) is 0 Å². The first-order valence-electron chi connectivity index (χ1n) is 9.76. The van der Waals surface area contributed by atoms with Crippen LogP contribution >= 0.6 is 0 Å². The van der Waals surface area contributed by atoms with E-state index in [0.29, 0.717) is 19.4 Å². The van der Waals surface area contributed by atoms with Gasteiger partial charge in [-0.15, -0.1) is 0 Å². The molecular weight excluding hydrogens is 362 g/mol. The van der Waals surface area contributed by atoms with Crippen molar-refractivity contribution in [2.75, 3.05) is 56.2 Å². The van der Waals surface area contributed by atoms with Crippen LogP contribution in [-0.2, 0) is 14.6 Å². The number of hydrogen-bond donors (Lipinski definition) is 0. The SMILES string of the molecule is Cc1cccc(N2CCN(C(=O)CCN(C)C3CCS(=O)(=O)C3)CC2)c1C. The van der Waals surface area contributed by atoms with E-state index in [9.17, 15) is 13.2 Å². The van der Waals surface area contributed by atoms with Crippen molar-refractivity contribution in [2.24, 2.45) is 0 Å². The minimum absolute atomic E-state index is 0.0592. The predicted molar refractivity (Wildman–Crippen MR) is 109 cm³/mol. The summed E-state index contributed by atoms with van der Waals surface area (Å²) in [4.78, 5) is 18.9. The van der Waals surface area contributed by atoms with Crippen molar-refractivity contribution in [2.45, 2.75) is 32.7 Å². The first kappa shape index (κ1) is 20.1. The number of nitrogens with zero attached hydrogens (tertiary/aromatic N) is 3. The summed E-state index contributed by atoms with van der Waals surface area (Å²) in [5, 5.41) is 0. The Labute approximate surface area is 163 Å². The second-order valence-electron chi connectivity index (χ2n) is 7.87. The maximum absolute atomic E-state index is 12.6. The van der Waals surface area contributed by atoms with E-state index < -0.39 is 9.84 Å². The molecular formula is C20H31N3O3S. The highest BCUT2D eigenvalue weighted by molar-refractivity contribution is 7.91. The molecule has 0 aliphatic carbocycles. The summed E-state index contributed by atoms with van der Waals surface area (Å²) in [7, 11) is -0.953. The zero-order valence-electron chi connectivity index (χ0n) is 16.6. The molecule has 2 aliphatic rings. The lowest BCUT2D eigenvalue weighted by Gasteiger charge is -2.37. The van der Waals surface area contributed by atoms with E-state index in [-0.39, 0.29) is 23.5 Å². The molecule has 1 aromatic carbocycles. The Hall–Kier alpha value is -1.60. The molecule has 0 radical (unpaired) electrons. The van der Waals surface area contributed by atoms with E-state index in [1.54, 1.807) is 0 Å². The van der Waals surface area contributed by atoms with Gasteiger partial charge in [-0.3, -0.25) is 4.79 Å². The smallest absolute Gasteiger partial charge is 0.223 e. The fourth-order valence-corrected chi connectivity index (χ4v) is 5.82. The number of anilines is 1. The molecule has 0 saturated carbocycles. The summed E-state index contributed by atoms with van der Waals surface area (Å²) in [5.74, 6) is 0.672. The van der Waals surface area contributed by atoms with Gasteiger partial charge in [-0.2, -0.15) is 0 Å². The Kier molecular flexibility index (Phi) is 6.11. The van der Waals surface area contributed by atoms with E-state index in [0.717, 1.165) is 26.2 Å². The Balaban J connectivity index is 1.47. The number of sulfone groups is 1. The van der Waals surface area contributed by atoms with Crippen molar-refractivity contribution in [3.05, 3.63) is 29.3 Å². The van der Waals surface area contributed by atoms with Crippen molar-refractivity contribution in [1.82, 2.24) is 9.80 Å². The van der Waals surface area contributed by atoms with Crippen LogP contribution < -0.4 is 4.90 Å². The molecule has 1 aromatic rings. The number of hydrogen-bond acceptors (Lipinski definition) is 5. The molecule has 0 bridgehead atoms. The first-order valence-corrected chi connectivity index (χ1v) is 11.6.